The van der Waals surface area contributed by atoms with Gasteiger partial charge in [-0.15, -0.1) is 12.4 Å². The van der Waals surface area contributed by atoms with Gasteiger partial charge in [-0.1, -0.05) is 91.0 Å². The molecule has 0 N–H and O–H groups in total. The number of unbranched alkanes of at least 4 members (excludes halogenated alkanes) is 6. The molecule has 0 saturated carbocycles. The molecule has 1 atom stereocenters. The summed E-state index contributed by atoms with van der Waals surface area (Å²) < 4.78 is 0. The van der Waals surface area contributed by atoms with Gasteiger partial charge in [-0.3, -0.25) is 0 Å². The van der Waals surface area contributed by atoms with Gasteiger partial charge in [0.15, 0.2) is 0 Å². The zero-order chi connectivity index (χ0) is 22.3. The van der Waals surface area contributed by atoms with Crippen molar-refractivity contribution in [2.75, 3.05) is 0 Å². The second kappa shape index (κ2) is 16.2. The van der Waals surface area contributed by atoms with Crippen molar-refractivity contribution in [2.24, 2.45) is 5.41 Å². The zero-order valence-corrected chi connectivity index (χ0v) is 23.4. The molecule has 3 aromatic rings. The summed E-state index contributed by atoms with van der Waals surface area (Å²) in [6.07, 6.45) is 14.5. The van der Waals surface area contributed by atoms with Crippen molar-refractivity contribution in [1.29, 1.82) is 0 Å². The fourth-order valence-electron chi connectivity index (χ4n) is 5.07. The molecular formula is C31H42AsCl. The van der Waals surface area contributed by atoms with Crippen LogP contribution in [0.2, 0.25) is 5.21 Å². The van der Waals surface area contributed by atoms with E-state index in [1.54, 1.807) is 0 Å². The summed E-state index contributed by atoms with van der Waals surface area (Å²) in [7, 11) is 0. The Labute approximate surface area is 217 Å². The first-order valence-corrected chi connectivity index (χ1v) is 14.3. The van der Waals surface area contributed by atoms with Crippen LogP contribution in [-0.2, 0) is 19.3 Å². The molecular weight excluding hydrogens is 483 g/mol. The number of hydrogen-bond acceptors (Lipinski definition) is 0. The van der Waals surface area contributed by atoms with Crippen LogP contribution >= 0.6 is 12.4 Å². The van der Waals surface area contributed by atoms with Crippen molar-refractivity contribution < 1.29 is 0 Å². The van der Waals surface area contributed by atoms with Gasteiger partial charge in [-0.2, -0.15) is 0 Å². The van der Waals surface area contributed by atoms with Gasteiger partial charge in [0.25, 0.3) is 0 Å². The Morgan fingerprint density at radius 2 is 0.788 bits per heavy atom. The van der Waals surface area contributed by atoms with E-state index in [0.717, 1.165) is 19.3 Å². The molecule has 0 radical (unpaired) electrons. The molecule has 0 spiro atoms. The molecule has 178 valence electrons. The summed E-state index contributed by atoms with van der Waals surface area (Å²) in [5.74, 6) is 0. The summed E-state index contributed by atoms with van der Waals surface area (Å²) >= 11 is 1.88. The Morgan fingerprint density at radius 1 is 0.455 bits per heavy atom. The smallest absolute Gasteiger partial charge is 0.0622 e. The third kappa shape index (κ3) is 10.5. The van der Waals surface area contributed by atoms with E-state index in [1.165, 1.54) is 73.3 Å². The van der Waals surface area contributed by atoms with Crippen LogP contribution in [0.25, 0.3) is 0 Å². The summed E-state index contributed by atoms with van der Waals surface area (Å²) in [4.78, 5) is 0. The van der Waals surface area contributed by atoms with Crippen LogP contribution in [0.1, 0.15) is 68.1 Å². The summed E-state index contributed by atoms with van der Waals surface area (Å²) in [5, 5.41) is 1.40. The van der Waals surface area contributed by atoms with Crippen molar-refractivity contribution in [2.45, 2.75) is 75.8 Å². The maximum atomic E-state index is 2.32. The van der Waals surface area contributed by atoms with Crippen LogP contribution in [0.5, 0.6) is 0 Å². The molecule has 0 saturated heterocycles. The van der Waals surface area contributed by atoms with E-state index >= 15 is 0 Å². The molecule has 0 bridgehead atoms. The van der Waals surface area contributed by atoms with Crippen LogP contribution in [0, 0.1) is 5.41 Å². The Bertz CT molecular complexity index is 746. The summed E-state index contributed by atoms with van der Waals surface area (Å²) in [6, 6.07) is 33.5. The Balaban J connectivity index is 0.00000385. The summed E-state index contributed by atoms with van der Waals surface area (Å²) in [6.45, 7) is 0. The average Bonchev–Trinajstić information content (AvgIpc) is 2.83. The van der Waals surface area contributed by atoms with E-state index in [1.807, 2.05) is 16.9 Å². The molecule has 0 aliphatic carbocycles. The number of benzene rings is 3. The van der Waals surface area contributed by atoms with Crippen LogP contribution in [0.3, 0.4) is 0 Å². The fourth-order valence-corrected chi connectivity index (χ4v) is 5.67. The second-order valence-electron chi connectivity index (χ2n) is 9.50. The van der Waals surface area contributed by atoms with Crippen molar-refractivity contribution in [3.8, 4) is 0 Å². The minimum absolute atomic E-state index is 0. The zero-order valence-electron chi connectivity index (χ0n) is 20.1. The van der Waals surface area contributed by atoms with Crippen molar-refractivity contribution in [3.63, 3.8) is 0 Å². The Kier molecular flexibility index (Phi) is 13.6. The molecule has 2 heteroatoms. The first-order chi connectivity index (χ1) is 15.8. The van der Waals surface area contributed by atoms with E-state index in [4.69, 9.17) is 0 Å². The molecule has 3 rings (SSSR count). The predicted octanol–water partition coefficient (Wildman–Crippen LogP) is 8.29. The normalized spacial score (nSPS) is 11.2. The average molecular weight is 525 g/mol. The predicted molar refractivity (Wildman–Crippen MR) is 150 cm³/mol. The van der Waals surface area contributed by atoms with Crippen LogP contribution in [0.4, 0.5) is 0 Å². The first kappa shape index (κ1) is 27.8. The molecule has 0 fully saturated rings. The second-order valence-corrected chi connectivity index (χ2v) is 10.7. The van der Waals surface area contributed by atoms with Crippen LogP contribution in [-0.4, -0.2) is 16.9 Å². The van der Waals surface area contributed by atoms with Gasteiger partial charge < -0.3 is 0 Å². The Morgan fingerprint density at radius 3 is 1.15 bits per heavy atom. The third-order valence-electron chi connectivity index (χ3n) is 6.68. The van der Waals surface area contributed by atoms with Crippen molar-refractivity contribution in [3.05, 3.63) is 108 Å². The van der Waals surface area contributed by atoms with E-state index < -0.39 is 0 Å². The van der Waals surface area contributed by atoms with Gasteiger partial charge in [-0.25, -0.2) is 0 Å². The minimum Gasteiger partial charge on any atom is -0.0622 e. The van der Waals surface area contributed by atoms with E-state index in [2.05, 4.69) is 91.0 Å². The quantitative estimate of drug-likeness (QED) is 0.138. The number of hydrogen-bond donors (Lipinski definition) is 0. The van der Waals surface area contributed by atoms with E-state index in [0.29, 0.717) is 0 Å². The van der Waals surface area contributed by atoms with Gasteiger partial charge in [0, 0.05) is 0 Å². The molecule has 0 nitrogen and oxygen atoms in total. The Hall–Kier alpha value is -1.49. The monoisotopic (exact) mass is 524 g/mol. The first-order valence-electron chi connectivity index (χ1n) is 12.6. The minimum atomic E-state index is 0. The van der Waals surface area contributed by atoms with E-state index in [9.17, 15) is 0 Å². The molecule has 0 heterocycles. The molecule has 0 aromatic heterocycles. The van der Waals surface area contributed by atoms with Crippen molar-refractivity contribution in [1.82, 2.24) is 0 Å². The van der Waals surface area contributed by atoms with Gasteiger partial charge in [0.2, 0.25) is 0 Å². The molecule has 0 aliphatic rings. The van der Waals surface area contributed by atoms with E-state index in [-0.39, 0.29) is 17.8 Å². The molecule has 0 aliphatic heterocycles. The van der Waals surface area contributed by atoms with Gasteiger partial charge in [0.05, 0.1) is 0 Å². The van der Waals surface area contributed by atoms with Gasteiger partial charge in [-0.05, 0) is 0 Å². The molecule has 0 amide bonds. The SMILES string of the molecule is Cl.[AsH2]CCCCCCCCCC(Cc1ccccc1)(Cc1ccccc1)Cc1ccccc1. The van der Waals surface area contributed by atoms with Crippen LogP contribution in [0.15, 0.2) is 91.0 Å². The molecule has 3 aromatic carbocycles. The third-order valence-corrected chi connectivity index (χ3v) is 7.53. The van der Waals surface area contributed by atoms with Crippen molar-refractivity contribution >= 4 is 29.3 Å². The molecule has 1 unspecified atom stereocenters. The standard InChI is InChI=1S/C31H41As.ClH/c32-24-16-5-3-1-2-4-15-23-31(25-28-17-9-6-10-18-28,26-29-19-11-7-12-20-29)27-30-21-13-8-14-22-30;/h6-14,17-22H,1-5,15-16,23-27,32H2;1H. The van der Waals surface area contributed by atoms with Crippen LogP contribution < -0.4 is 0 Å². The maximum absolute atomic E-state index is 2.32. The van der Waals surface area contributed by atoms with Gasteiger partial charge in [0.1, 0.15) is 0 Å². The van der Waals surface area contributed by atoms with Gasteiger partial charge >= 0.3 is 115 Å². The summed E-state index contributed by atoms with van der Waals surface area (Å²) in [5.41, 5.74) is 4.68. The molecule has 33 heavy (non-hydrogen) atoms. The number of halogens is 1. The topological polar surface area (TPSA) is 0 Å². The fraction of sp³-hybridized carbons (Fsp3) is 0.419. The number of rotatable bonds is 15.